The Labute approximate surface area is 316 Å². The minimum absolute atomic E-state index is 0.0935. The average Bonchev–Trinajstić information content (AvgIpc) is 3.13. The molecule has 0 saturated carbocycles. The summed E-state index contributed by atoms with van der Waals surface area (Å²) >= 11 is 1.34. The van der Waals surface area contributed by atoms with Crippen LogP contribution in [-0.4, -0.2) is 36.3 Å². The number of nitrogens with zero attached hydrogens (tertiary/aromatic N) is 4. The van der Waals surface area contributed by atoms with Crippen LogP contribution in [0.25, 0.3) is 21.5 Å². The lowest BCUT2D eigenvalue weighted by atomic mass is 10.0. The van der Waals surface area contributed by atoms with E-state index in [2.05, 4.69) is 29.8 Å². The molecule has 54 heavy (non-hydrogen) atoms. The van der Waals surface area contributed by atoms with Gasteiger partial charge in [0.15, 0.2) is 5.75 Å². The van der Waals surface area contributed by atoms with Crippen molar-refractivity contribution in [3.63, 3.8) is 0 Å². The number of azo groups is 2. The van der Waals surface area contributed by atoms with E-state index in [1.165, 1.54) is 12.1 Å². The summed E-state index contributed by atoms with van der Waals surface area (Å²) in [5, 5.41) is 40.7. The van der Waals surface area contributed by atoms with Gasteiger partial charge in [0.25, 0.3) is 20.2 Å². The fourth-order valence-corrected chi connectivity index (χ4v) is 7.53. The SMILES string of the molecule is Cc1ccc(SOc2cc(S(=O)(=O)O)cc3c(C)c(N=Nc4cc(S(=O)(=O)O)c5cc(SOOO)c(N=Nc6ccccc6)c(O)c5c4N)ccc23)cc1. The third-order valence-corrected chi connectivity index (χ3v) is 11.0. The first-order valence-corrected chi connectivity index (χ1v) is 19.6. The van der Waals surface area contributed by atoms with Crippen LogP contribution in [0, 0.1) is 13.8 Å². The van der Waals surface area contributed by atoms with Gasteiger partial charge in [-0.25, -0.2) is 5.26 Å². The van der Waals surface area contributed by atoms with E-state index in [1.807, 2.05) is 31.2 Å². The molecule has 278 valence electrons. The minimum atomic E-state index is -5.01. The highest BCUT2D eigenvalue weighted by Crippen LogP contribution is 2.50. The quantitative estimate of drug-likeness (QED) is 0.0193. The van der Waals surface area contributed by atoms with Crippen LogP contribution in [0.2, 0.25) is 0 Å². The van der Waals surface area contributed by atoms with E-state index in [-0.39, 0.29) is 44.2 Å². The second-order valence-corrected chi connectivity index (χ2v) is 15.8. The number of benzene rings is 6. The number of anilines is 1. The highest BCUT2D eigenvalue weighted by molar-refractivity contribution is 7.95. The molecule has 6 aromatic rings. The first kappa shape index (κ1) is 38.6. The molecular formula is C34H27N5O11S4. The van der Waals surface area contributed by atoms with E-state index in [1.54, 1.807) is 49.4 Å². The molecule has 0 bridgehead atoms. The molecule has 0 amide bonds. The van der Waals surface area contributed by atoms with Crippen molar-refractivity contribution in [3.8, 4) is 11.5 Å². The van der Waals surface area contributed by atoms with Gasteiger partial charge in [-0.1, -0.05) is 40.9 Å². The van der Waals surface area contributed by atoms with Crippen LogP contribution in [-0.2, 0) is 29.6 Å². The lowest BCUT2D eigenvalue weighted by Gasteiger charge is -2.15. The van der Waals surface area contributed by atoms with Gasteiger partial charge < -0.3 is 15.0 Å². The predicted octanol–water partition coefficient (Wildman–Crippen LogP) is 9.74. The zero-order valence-electron chi connectivity index (χ0n) is 27.8. The summed E-state index contributed by atoms with van der Waals surface area (Å²) in [5.41, 5.74) is 7.60. The molecule has 0 radical (unpaired) electrons. The van der Waals surface area contributed by atoms with Crippen LogP contribution in [0.4, 0.5) is 28.4 Å². The summed E-state index contributed by atoms with van der Waals surface area (Å²) < 4.78 is 80.4. The number of hydrogen-bond donors (Lipinski definition) is 5. The number of phenolic OH excluding ortho intramolecular Hbond substituents is 1. The molecule has 0 aliphatic heterocycles. The molecule has 0 unspecified atom stereocenters. The monoisotopic (exact) mass is 809 g/mol. The number of aryl methyl sites for hydroxylation is 2. The third-order valence-electron chi connectivity index (χ3n) is 7.90. The molecule has 16 nitrogen and oxygen atoms in total. The Morgan fingerprint density at radius 2 is 1.43 bits per heavy atom. The van der Waals surface area contributed by atoms with Gasteiger partial charge in [0, 0.05) is 21.7 Å². The molecule has 6 rings (SSSR count). The number of phenols is 1. The smallest absolute Gasteiger partial charge is 0.295 e. The zero-order chi connectivity index (χ0) is 38.8. The fraction of sp³-hybridized carbons (Fsp3) is 0.0588. The van der Waals surface area contributed by atoms with Crippen LogP contribution in [0.5, 0.6) is 11.5 Å². The maximum atomic E-state index is 12.7. The normalized spacial score (nSPS) is 12.4. The van der Waals surface area contributed by atoms with Gasteiger partial charge in [-0.05, 0) is 79.4 Å². The van der Waals surface area contributed by atoms with Gasteiger partial charge in [0.1, 0.15) is 22.0 Å². The van der Waals surface area contributed by atoms with Crippen LogP contribution >= 0.6 is 24.1 Å². The van der Waals surface area contributed by atoms with E-state index in [0.717, 1.165) is 34.6 Å². The summed E-state index contributed by atoms with van der Waals surface area (Å²) in [7, 11) is -9.69. The Hall–Kier alpha value is -5.16. The van der Waals surface area contributed by atoms with Crippen molar-refractivity contribution in [1.29, 1.82) is 0 Å². The van der Waals surface area contributed by atoms with Crippen molar-refractivity contribution in [1.82, 2.24) is 0 Å². The maximum absolute atomic E-state index is 12.7. The van der Waals surface area contributed by atoms with E-state index in [0.29, 0.717) is 34.1 Å². The standard InChI is InChI=1S/C34H27N5O11S4/c1-18-8-10-21(11-9-18)51-48-28-15-22(53(42,43)44)14-24-19(2)26(13-12-23(24)28)37-38-27-17-30(54(45,46)47)25-16-29(52-50-49-41)33(34(40)31(25)32(27)35)39-36-20-6-4-3-5-7-20/h3-17,40-41H,35H2,1-2H3,(H,42,43,44)(H,45,46,47). The van der Waals surface area contributed by atoms with Crippen LogP contribution < -0.4 is 9.92 Å². The first-order valence-electron chi connectivity index (χ1n) is 15.2. The molecule has 20 heteroatoms. The molecule has 6 aromatic carbocycles. The van der Waals surface area contributed by atoms with Crippen LogP contribution in [0.15, 0.2) is 131 Å². The molecule has 0 aromatic heterocycles. The van der Waals surface area contributed by atoms with Gasteiger partial charge >= 0.3 is 0 Å². The second kappa shape index (κ2) is 15.7. The number of aromatic hydroxyl groups is 1. The zero-order valence-corrected chi connectivity index (χ0v) is 31.1. The Morgan fingerprint density at radius 1 is 0.722 bits per heavy atom. The lowest BCUT2D eigenvalue weighted by molar-refractivity contribution is -0.432. The summed E-state index contributed by atoms with van der Waals surface area (Å²) in [4.78, 5) is -0.517. The number of rotatable bonds is 12. The fourth-order valence-electron chi connectivity index (χ4n) is 5.25. The molecule has 0 aliphatic carbocycles. The van der Waals surface area contributed by atoms with Crippen molar-refractivity contribution in [2.75, 3.05) is 5.73 Å². The molecular weight excluding hydrogens is 783 g/mol. The molecule has 0 spiro atoms. The summed E-state index contributed by atoms with van der Waals surface area (Å²) in [5.74, 6) is -0.552. The Balaban J connectivity index is 1.48. The average molecular weight is 810 g/mol. The minimum Gasteiger partial charge on any atom is -0.505 e. The molecule has 0 heterocycles. The van der Waals surface area contributed by atoms with Gasteiger partial charge in [-0.15, -0.1) is 14.6 Å². The van der Waals surface area contributed by atoms with Gasteiger partial charge in [-0.2, -0.15) is 27.1 Å². The van der Waals surface area contributed by atoms with Gasteiger partial charge in [-0.3, -0.25) is 9.11 Å². The van der Waals surface area contributed by atoms with Crippen molar-refractivity contribution in [3.05, 3.63) is 102 Å². The maximum Gasteiger partial charge on any atom is 0.295 e. The molecule has 0 atom stereocenters. The van der Waals surface area contributed by atoms with Crippen LogP contribution in [0.1, 0.15) is 11.1 Å². The third kappa shape index (κ3) is 8.31. The highest BCUT2D eigenvalue weighted by Gasteiger charge is 2.26. The summed E-state index contributed by atoms with van der Waals surface area (Å²) in [6, 6.07) is 23.5. The molecule has 0 fully saturated rings. The van der Waals surface area contributed by atoms with Gasteiger partial charge in [0.05, 0.1) is 56.3 Å². The largest absolute Gasteiger partial charge is 0.505 e. The van der Waals surface area contributed by atoms with E-state index in [9.17, 15) is 31.0 Å². The molecule has 0 saturated heterocycles. The first-order chi connectivity index (χ1) is 25.7. The van der Waals surface area contributed by atoms with E-state index >= 15 is 0 Å². The molecule has 0 aliphatic rings. The number of hydrogen-bond acceptors (Lipinski definition) is 16. The number of fused-ring (bicyclic) bond motifs is 2. The predicted molar refractivity (Wildman–Crippen MR) is 201 cm³/mol. The molecule has 6 N–H and O–H groups in total. The van der Waals surface area contributed by atoms with E-state index in [4.69, 9.17) is 15.2 Å². The van der Waals surface area contributed by atoms with Crippen molar-refractivity contribution in [2.45, 2.75) is 33.4 Å². The van der Waals surface area contributed by atoms with Crippen molar-refractivity contribution >= 4 is 94.3 Å². The second-order valence-electron chi connectivity index (χ2n) is 11.4. The van der Waals surface area contributed by atoms with E-state index < -0.39 is 35.8 Å². The number of nitrogen functional groups attached to an aromatic ring is 1. The Morgan fingerprint density at radius 3 is 2.09 bits per heavy atom. The lowest BCUT2D eigenvalue weighted by Crippen LogP contribution is -2.02. The Bertz CT molecular complexity index is 2700. The Kier molecular flexibility index (Phi) is 11.2. The van der Waals surface area contributed by atoms with Gasteiger partial charge in [0.2, 0.25) is 0 Å². The van der Waals surface area contributed by atoms with Crippen molar-refractivity contribution in [2.24, 2.45) is 20.5 Å². The summed E-state index contributed by atoms with van der Waals surface area (Å²) in [6.45, 7) is 3.54. The van der Waals surface area contributed by atoms with Crippen LogP contribution in [0.3, 0.4) is 0 Å². The summed E-state index contributed by atoms with van der Waals surface area (Å²) in [6.07, 6.45) is 0. The number of nitrogens with two attached hydrogens (primary N) is 1. The topological polar surface area (TPSA) is 252 Å². The highest BCUT2D eigenvalue weighted by atomic mass is 32.2. The van der Waals surface area contributed by atoms with Crippen molar-refractivity contribution < 1.29 is 49.9 Å².